The Hall–Kier alpha value is -3.48. The molecule has 4 unspecified atom stereocenters. The van der Waals surface area contributed by atoms with Gasteiger partial charge in [0, 0.05) is 24.7 Å². The highest BCUT2D eigenvalue weighted by Gasteiger charge is 2.32. The predicted molar refractivity (Wildman–Crippen MR) is 120 cm³/mol. The van der Waals surface area contributed by atoms with Gasteiger partial charge < -0.3 is 36.9 Å². The zero-order valence-electron chi connectivity index (χ0n) is 19.7. The smallest absolute Gasteiger partial charge is 0.326 e. The molecule has 0 spiro atoms. The van der Waals surface area contributed by atoms with Gasteiger partial charge in [-0.3, -0.25) is 19.2 Å². The number of carbonyl (C=O) groups is 5. The second-order valence-electron chi connectivity index (χ2n) is 8.67. The van der Waals surface area contributed by atoms with Gasteiger partial charge in [0.05, 0.1) is 12.4 Å². The van der Waals surface area contributed by atoms with E-state index in [0.29, 0.717) is 5.69 Å². The van der Waals surface area contributed by atoms with Gasteiger partial charge in [-0.15, -0.1) is 0 Å². The lowest BCUT2D eigenvalue weighted by Gasteiger charge is -2.27. The number of nitrogens with two attached hydrogens (primary N) is 1. The van der Waals surface area contributed by atoms with Gasteiger partial charge in [0.1, 0.15) is 18.1 Å². The summed E-state index contributed by atoms with van der Waals surface area (Å²) in [6, 6.07) is -4.52. The van der Waals surface area contributed by atoms with Gasteiger partial charge in [-0.1, -0.05) is 27.7 Å². The van der Waals surface area contributed by atoms with E-state index < -0.39 is 60.2 Å². The molecule has 3 amide bonds. The minimum Gasteiger partial charge on any atom is -0.481 e. The molecule has 0 saturated carbocycles. The second-order valence-corrected chi connectivity index (χ2v) is 8.67. The summed E-state index contributed by atoms with van der Waals surface area (Å²) >= 11 is 0. The standard InChI is InChI=1S/C21H34N6O7/c1-10(2)16(22)19(31)27-17(11(3)4)20(32)26-14(7-12-8-23-9-24-12)18(30)25-13(21(33)34)5-6-15(28)29/h8-11,13-14,16-17H,5-7,22H2,1-4H3,(H,23,24)(H,25,30)(H,26,32)(H,27,31)(H,28,29)(H,33,34). The molecule has 0 aliphatic rings. The number of hydrogen-bond acceptors (Lipinski definition) is 7. The largest absolute Gasteiger partial charge is 0.481 e. The number of nitrogens with zero attached hydrogens (tertiary/aromatic N) is 1. The summed E-state index contributed by atoms with van der Waals surface area (Å²) in [6.07, 6.45) is 1.97. The molecule has 13 heteroatoms. The molecular weight excluding hydrogens is 448 g/mol. The summed E-state index contributed by atoms with van der Waals surface area (Å²) in [6.45, 7) is 6.95. The fraction of sp³-hybridized carbons (Fsp3) is 0.619. The van der Waals surface area contributed by atoms with Gasteiger partial charge in [0.15, 0.2) is 0 Å². The van der Waals surface area contributed by atoms with Crippen LogP contribution in [0.5, 0.6) is 0 Å². The van der Waals surface area contributed by atoms with Gasteiger partial charge in [0.25, 0.3) is 0 Å². The van der Waals surface area contributed by atoms with Crippen molar-refractivity contribution in [1.82, 2.24) is 25.9 Å². The number of carboxylic acid groups (broad SMARTS) is 2. The van der Waals surface area contributed by atoms with Gasteiger partial charge in [-0.25, -0.2) is 9.78 Å². The number of aliphatic carboxylic acids is 2. The maximum Gasteiger partial charge on any atom is 0.326 e. The number of rotatable bonds is 14. The van der Waals surface area contributed by atoms with Crippen molar-refractivity contribution in [3.05, 3.63) is 18.2 Å². The lowest BCUT2D eigenvalue weighted by molar-refractivity contribution is -0.143. The lowest BCUT2D eigenvalue weighted by Crippen LogP contribution is -2.59. The molecular formula is C21H34N6O7. The highest BCUT2D eigenvalue weighted by molar-refractivity contribution is 5.94. The van der Waals surface area contributed by atoms with Crippen LogP contribution in [0.2, 0.25) is 0 Å². The molecule has 190 valence electrons. The van der Waals surface area contributed by atoms with E-state index in [0.717, 1.165) is 0 Å². The molecule has 13 nitrogen and oxygen atoms in total. The third-order valence-corrected chi connectivity index (χ3v) is 5.14. The van der Waals surface area contributed by atoms with E-state index in [9.17, 15) is 29.1 Å². The first-order valence-electron chi connectivity index (χ1n) is 10.9. The Morgan fingerprint density at radius 2 is 1.56 bits per heavy atom. The minimum absolute atomic E-state index is 0.0485. The first-order valence-corrected chi connectivity index (χ1v) is 10.9. The van der Waals surface area contributed by atoms with E-state index in [1.807, 2.05) is 0 Å². The Bertz CT molecular complexity index is 856. The van der Waals surface area contributed by atoms with E-state index in [1.54, 1.807) is 27.7 Å². The molecule has 0 radical (unpaired) electrons. The first-order chi connectivity index (χ1) is 15.8. The van der Waals surface area contributed by atoms with Gasteiger partial charge in [0.2, 0.25) is 17.7 Å². The average Bonchev–Trinajstić information content (AvgIpc) is 3.25. The topological polar surface area (TPSA) is 217 Å². The SMILES string of the molecule is CC(C)C(N)C(=O)NC(C(=O)NC(Cc1cnc[nH]1)C(=O)NC(CCC(=O)O)C(=O)O)C(C)C. The van der Waals surface area contributed by atoms with Crippen molar-refractivity contribution in [2.24, 2.45) is 17.6 Å². The molecule has 0 aromatic carbocycles. The number of H-pyrrole nitrogens is 1. The molecule has 1 heterocycles. The van der Waals surface area contributed by atoms with Crippen molar-refractivity contribution in [3.63, 3.8) is 0 Å². The molecule has 1 aromatic rings. The summed E-state index contributed by atoms with van der Waals surface area (Å²) in [7, 11) is 0. The summed E-state index contributed by atoms with van der Waals surface area (Å²) in [5.74, 6) is -5.12. The molecule has 4 atom stereocenters. The number of amides is 3. The van der Waals surface area contributed by atoms with E-state index >= 15 is 0 Å². The Morgan fingerprint density at radius 1 is 0.941 bits per heavy atom. The van der Waals surface area contributed by atoms with Crippen LogP contribution in [0.1, 0.15) is 46.2 Å². The van der Waals surface area contributed by atoms with Crippen molar-refractivity contribution < 1.29 is 34.2 Å². The molecule has 8 N–H and O–H groups in total. The third-order valence-electron chi connectivity index (χ3n) is 5.14. The fourth-order valence-electron chi connectivity index (χ4n) is 2.97. The second kappa shape index (κ2) is 13.3. The Balaban J connectivity index is 3.04. The van der Waals surface area contributed by atoms with Crippen LogP contribution in [0.15, 0.2) is 12.5 Å². The molecule has 0 aliphatic carbocycles. The van der Waals surface area contributed by atoms with Crippen LogP contribution in [-0.4, -0.2) is 74.0 Å². The summed E-state index contributed by atoms with van der Waals surface area (Å²) in [5, 5.41) is 25.6. The van der Waals surface area contributed by atoms with E-state index in [2.05, 4.69) is 25.9 Å². The van der Waals surface area contributed by atoms with Gasteiger partial charge in [-0.05, 0) is 18.3 Å². The van der Waals surface area contributed by atoms with E-state index in [4.69, 9.17) is 10.8 Å². The number of aromatic amines is 1. The Kier molecular flexibility index (Phi) is 11.2. The third kappa shape index (κ3) is 9.17. The van der Waals surface area contributed by atoms with Crippen molar-refractivity contribution in [1.29, 1.82) is 0 Å². The normalized spacial score (nSPS) is 14.7. The van der Waals surface area contributed by atoms with Gasteiger partial charge >= 0.3 is 11.9 Å². The number of carboxylic acids is 2. The summed E-state index contributed by atoms with van der Waals surface area (Å²) < 4.78 is 0. The summed E-state index contributed by atoms with van der Waals surface area (Å²) in [5.41, 5.74) is 6.36. The molecule has 0 saturated heterocycles. The predicted octanol–water partition coefficient (Wildman–Crippen LogP) is -1.00. The van der Waals surface area contributed by atoms with Crippen LogP contribution in [0.3, 0.4) is 0 Å². The van der Waals surface area contributed by atoms with Crippen molar-refractivity contribution >= 4 is 29.7 Å². The van der Waals surface area contributed by atoms with Crippen molar-refractivity contribution in [2.45, 2.75) is 71.1 Å². The van der Waals surface area contributed by atoms with Crippen LogP contribution in [-0.2, 0) is 30.4 Å². The zero-order valence-corrected chi connectivity index (χ0v) is 19.7. The molecule has 0 fully saturated rings. The van der Waals surface area contributed by atoms with E-state index in [1.165, 1.54) is 12.5 Å². The highest BCUT2D eigenvalue weighted by Crippen LogP contribution is 2.08. The monoisotopic (exact) mass is 482 g/mol. The van der Waals surface area contributed by atoms with Crippen molar-refractivity contribution in [3.8, 4) is 0 Å². The van der Waals surface area contributed by atoms with E-state index in [-0.39, 0.29) is 24.7 Å². The Labute approximate surface area is 197 Å². The molecule has 1 aromatic heterocycles. The number of imidazole rings is 1. The zero-order chi connectivity index (χ0) is 26.0. The number of nitrogens with one attached hydrogen (secondary N) is 4. The van der Waals surface area contributed by atoms with Crippen LogP contribution in [0, 0.1) is 11.8 Å². The van der Waals surface area contributed by atoms with Gasteiger partial charge in [-0.2, -0.15) is 0 Å². The molecule has 1 rings (SSSR count). The Morgan fingerprint density at radius 3 is 2.03 bits per heavy atom. The minimum atomic E-state index is -1.46. The van der Waals surface area contributed by atoms with Crippen LogP contribution in [0.4, 0.5) is 0 Å². The highest BCUT2D eigenvalue weighted by atomic mass is 16.4. The maximum atomic E-state index is 13.0. The van der Waals surface area contributed by atoms with Crippen LogP contribution >= 0.6 is 0 Å². The van der Waals surface area contributed by atoms with Crippen LogP contribution in [0.25, 0.3) is 0 Å². The number of hydrogen-bond donors (Lipinski definition) is 7. The summed E-state index contributed by atoms with van der Waals surface area (Å²) in [4.78, 5) is 67.3. The lowest BCUT2D eigenvalue weighted by atomic mass is 9.99. The molecule has 0 bridgehead atoms. The molecule has 0 aliphatic heterocycles. The number of aromatic nitrogens is 2. The first kappa shape index (κ1) is 28.6. The average molecular weight is 483 g/mol. The quantitative estimate of drug-likeness (QED) is 0.173. The van der Waals surface area contributed by atoms with Crippen molar-refractivity contribution in [2.75, 3.05) is 0 Å². The van der Waals surface area contributed by atoms with Crippen LogP contribution < -0.4 is 21.7 Å². The fourth-order valence-corrected chi connectivity index (χ4v) is 2.97. The molecule has 34 heavy (non-hydrogen) atoms. The maximum absolute atomic E-state index is 13.0. The number of carbonyl (C=O) groups excluding carboxylic acids is 3.